The summed E-state index contributed by atoms with van der Waals surface area (Å²) in [7, 11) is 0. The summed E-state index contributed by atoms with van der Waals surface area (Å²) in [6.07, 6.45) is -11.8. The van der Waals surface area contributed by atoms with Gasteiger partial charge in [-0.1, -0.05) is 0 Å². The second-order valence-corrected chi connectivity index (χ2v) is 3.28. The summed E-state index contributed by atoms with van der Waals surface area (Å²) in [5, 5.41) is 8.85. The van der Waals surface area contributed by atoms with Crippen molar-refractivity contribution in [1.29, 1.82) is 0 Å². The van der Waals surface area contributed by atoms with E-state index in [4.69, 9.17) is 10.8 Å². The van der Waals surface area contributed by atoms with Gasteiger partial charge in [-0.15, -0.1) is 0 Å². The SMILES string of the molecule is NC(O)c1cc(C(F)(F)F)cc(C(F)(F)F)c1. The Hall–Kier alpha value is -1.28. The van der Waals surface area contributed by atoms with Crippen LogP contribution in [0.15, 0.2) is 18.2 Å². The molecule has 0 bridgehead atoms. The van der Waals surface area contributed by atoms with Crippen LogP contribution in [0, 0.1) is 0 Å². The van der Waals surface area contributed by atoms with Crippen LogP contribution in [-0.4, -0.2) is 5.11 Å². The Morgan fingerprint density at radius 3 is 1.47 bits per heavy atom. The third-order valence-corrected chi connectivity index (χ3v) is 1.95. The summed E-state index contributed by atoms with van der Waals surface area (Å²) in [6, 6.07) is 0.714. The Balaban J connectivity index is 3.40. The molecule has 0 amide bonds. The standard InChI is InChI=1S/C9H7F6NO/c10-8(11,12)5-1-4(7(16)17)2-6(3-5)9(13,14)15/h1-3,7,17H,16H2. The van der Waals surface area contributed by atoms with Gasteiger partial charge in [0.05, 0.1) is 11.1 Å². The molecule has 8 heteroatoms. The van der Waals surface area contributed by atoms with Gasteiger partial charge >= 0.3 is 12.4 Å². The molecule has 1 atom stereocenters. The van der Waals surface area contributed by atoms with E-state index in [9.17, 15) is 26.3 Å². The molecule has 1 rings (SSSR count). The Labute approximate surface area is 91.7 Å². The predicted octanol–water partition coefficient (Wildman–Crippen LogP) is 2.67. The van der Waals surface area contributed by atoms with Crippen molar-refractivity contribution in [3.05, 3.63) is 34.9 Å². The molecule has 1 aromatic rings. The lowest BCUT2D eigenvalue weighted by Gasteiger charge is -2.15. The van der Waals surface area contributed by atoms with Crippen molar-refractivity contribution in [1.82, 2.24) is 0 Å². The third-order valence-electron chi connectivity index (χ3n) is 1.95. The van der Waals surface area contributed by atoms with E-state index in [-0.39, 0.29) is 6.07 Å². The number of hydrogen-bond donors (Lipinski definition) is 2. The highest BCUT2D eigenvalue weighted by Crippen LogP contribution is 2.36. The van der Waals surface area contributed by atoms with Gasteiger partial charge in [0.2, 0.25) is 0 Å². The Morgan fingerprint density at radius 2 is 1.24 bits per heavy atom. The van der Waals surface area contributed by atoms with Gasteiger partial charge in [-0.05, 0) is 23.8 Å². The molecule has 0 aliphatic rings. The predicted molar refractivity (Wildman–Crippen MR) is 45.6 cm³/mol. The zero-order chi connectivity index (χ0) is 13.4. The second kappa shape index (κ2) is 4.19. The van der Waals surface area contributed by atoms with Crippen molar-refractivity contribution < 1.29 is 31.4 Å². The lowest BCUT2D eigenvalue weighted by molar-refractivity contribution is -0.143. The maximum Gasteiger partial charge on any atom is 0.416 e. The number of benzene rings is 1. The van der Waals surface area contributed by atoms with E-state index in [0.29, 0.717) is 12.1 Å². The minimum Gasteiger partial charge on any atom is -0.375 e. The summed E-state index contributed by atoms with van der Waals surface area (Å²) < 4.78 is 73.9. The fourth-order valence-corrected chi connectivity index (χ4v) is 1.15. The Kier molecular flexibility index (Phi) is 3.40. The Morgan fingerprint density at radius 1 is 0.882 bits per heavy atom. The van der Waals surface area contributed by atoms with E-state index < -0.39 is 35.3 Å². The van der Waals surface area contributed by atoms with E-state index in [0.717, 1.165) is 0 Å². The first kappa shape index (κ1) is 13.8. The summed E-state index contributed by atoms with van der Waals surface area (Å²) in [5.41, 5.74) is 1.20. The second-order valence-electron chi connectivity index (χ2n) is 3.28. The molecule has 0 fully saturated rings. The summed E-state index contributed by atoms with van der Waals surface area (Å²) in [4.78, 5) is 0. The quantitative estimate of drug-likeness (QED) is 0.601. The molecule has 17 heavy (non-hydrogen) atoms. The maximum absolute atomic E-state index is 12.3. The molecule has 96 valence electrons. The number of nitrogens with two attached hydrogens (primary N) is 1. The summed E-state index contributed by atoms with van der Waals surface area (Å²) in [6.45, 7) is 0. The van der Waals surface area contributed by atoms with E-state index in [2.05, 4.69) is 0 Å². The van der Waals surface area contributed by atoms with Gasteiger partial charge in [-0.25, -0.2) is 0 Å². The molecule has 0 heterocycles. The van der Waals surface area contributed by atoms with Crippen LogP contribution in [0.2, 0.25) is 0 Å². The largest absolute Gasteiger partial charge is 0.416 e. The molecular weight excluding hydrogens is 252 g/mol. The highest BCUT2D eigenvalue weighted by molar-refractivity contribution is 5.34. The number of aliphatic hydroxyl groups is 1. The number of alkyl halides is 6. The first-order valence-electron chi connectivity index (χ1n) is 4.25. The number of aliphatic hydroxyl groups excluding tert-OH is 1. The topological polar surface area (TPSA) is 46.2 Å². The van der Waals surface area contributed by atoms with Crippen molar-refractivity contribution in [2.24, 2.45) is 5.73 Å². The fraction of sp³-hybridized carbons (Fsp3) is 0.333. The van der Waals surface area contributed by atoms with Crippen LogP contribution >= 0.6 is 0 Å². The summed E-state index contributed by atoms with van der Waals surface area (Å²) >= 11 is 0. The summed E-state index contributed by atoms with van der Waals surface area (Å²) in [5.74, 6) is 0. The minimum absolute atomic E-state index is 0.0358. The minimum atomic E-state index is -4.94. The van der Waals surface area contributed by atoms with Crippen LogP contribution in [0.1, 0.15) is 22.9 Å². The van der Waals surface area contributed by atoms with Crippen molar-refractivity contribution in [2.45, 2.75) is 18.6 Å². The average Bonchev–Trinajstić information content (AvgIpc) is 2.14. The van der Waals surface area contributed by atoms with E-state index in [1.807, 2.05) is 0 Å². The van der Waals surface area contributed by atoms with Gasteiger partial charge in [0.15, 0.2) is 0 Å². The van der Waals surface area contributed by atoms with E-state index in [1.54, 1.807) is 0 Å². The highest BCUT2D eigenvalue weighted by Gasteiger charge is 2.37. The molecule has 0 radical (unpaired) electrons. The van der Waals surface area contributed by atoms with Gasteiger partial charge in [-0.3, -0.25) is 0 Å². The lowest BCUT2D eigenvalue weighted by atomic mass is 10.0. The monoisotopic (exact) mass is 259 g/mol. The van der Waals surface area contributed by atoms with Crippen molar-refractivity contribution in [2.75, 3.05) is 0 Å². The van der Waals surface area contributed by atoms with Gasteiger partial charge in [0.1, 0.15) is 6.23 Å². The first-order valence-corrected chi connectivity index (χ1v) is 4.25. The van der Waals surface area contributed by atoms with Crippen LogP contribution in [0.25, 0.3) is 0 Å². The number of hydrogen-bond acceptors (Lipinski definition) is 2. The van der Waals surface area contributed by atoms with Crippen molar-refractivity contribution >= 4 is 0 Å². The molecule has 0 aliphatic carbocycles. The molecule has 1 aromatic carbocycles. The normalized spacial score (nSPS) is 14.8. The van der Waals surface area contributed by atoms with Gasteiger partial charge < -0.3 is 10.8 Å². The van der Waals surface area contributed by atoms with E-state index in [1.165, 1.54) is 0 Å². The van der Waals surface area contributed by atoms with Crippen LogP contribution in [0.3, 0.4) is 0 Å². The van der Waals surface area contributed by atoms with Crippen LogP contribution < -0.4 is 5.73 Å². The van der Waals surface area contributed by atoms with Crippen molar-refractivity contribution in [3.63, 3.8) is 0 Å². The highest BCUT2D eigenvalue weighted by atomic mass is 19.4. The number of rotatable bonds is 1. The average molecular weight is 259 g/mol. The molecule has 1 unspecified atom stereocenters. The maximum atomic E-state index is 12.3. The van der Waals surface area contributed by atoms with Gasteiger partial charge in [0, 0.05) is 0 Å². The molecule has 0 aromatic heterocycles. The molecular formula is C9H7F6NO. The first-order chi connectivity index (χ1) is 7.51. The molecule has 0 saturated carbocycles. The zero-order valence-electron chi connectivity index (χ0n) is 8.10. The van der Waals surface area contributed by atoms with Crippen LogP contribution in [0.4, 0.5) is 26.3 Å². The molecule has 0 aliphatic heterocycles. The number of halogens is 6. The van der Waals surface area contributed by atoms with Crippen LogP contribution in [0.5, 0.6) is 0 Å². The van der Waals surface area contributed by atoms with Crippen LogP contribution in [-0.2, 0) is 12.4 Å². The zero-order valence-corrected chi connectivity index (χ0v) is 8.10. The lowest BCUT2D eigenvalue weighted by Crippen LogP contribution is -2.15. The van der Waals surface area contributed by atoms with E-state index >= 15 is 0 Å². The Bertz CT molecular complexity index is 377. The molecule has 0 spiro atoms. The third kappa shape index (κ3) is 3.34. The molecule has 2 nitrogen and oxygen atoms in total. The van der Waals surface area contributed by atoms with Gasteiger partial charge in [0.25, 0.3) is 0 Å². The molecule has 0 saturated heterocycles. The van der Waals surface area contributed by atoms with Crippen molar-refractivity contribution in [3.8, 4) is 0 Å². The fourth-order valence-electron chi connectivity index (χ4n) is 1.15. The van der Waals surface area contributed by atoms with Gasteiger partial charge in [-0.2, -0.15) is 26.3 Å². The molecule has 3 N–H and O–H groups in total. The smallest absolute Gasteiger partial charge is 0.375 e.